The van der Waals surface area contributed by atoms with E-state index < -0.39 is 70.1 Å². The predicted octanol–water partition coefficient (Wildman–Crippen LogP) is 0.276. The van der Waals surface area contributed by atoms with Gasteiger partial charge in [-0.3, -0.25) is 14.4 Å². The second kappa shape index (κ2) is 7.59. The Bertz CT molecular complexity index is 1240. The largest absolute Gasteiger partial charge is 0.508 e. The van der Waals surface area contributed by atoms with Crippen LogP contribution in [-0.4, -0.2) is 70.7 Å². The third kappa shape index (κ3) is 2.93. The summed E-state index contributed by atoms with van der Waals surface area (Å²) in [6, 6.07) is 1.41. The first kappa shape index (κ1) is 23.3. The molecule has 1 aromatic rings. The Hall–Kier alpha value is -3.86. The number of aliphatic hydroxyl groups is 3. The number of benzene rings is 1. The maximum Gasteiger partial charge on any atom is 0.341 e. The molecule has 1 saturated carbocycles. The van der Waals surface area contributed by atoms with Crippen LogP contribution in [0, 0.1) is 11.8 Å². The Morgan fingerprint density at radius 1 is 1.18 bits per heavy atom. The molecule has 0 aromatic heterocycles. The van der Waals surface area contributed by atoms with Gasteiger partial charge in [0.2, 0.25) is 5.78 Å². The molecule has 11 nitrogen and oxygen atoms in total. The molecule has 0 heterocycles. The lowest BCUT2D eigenvalue weighted by Crippen LogP contribution is -2.58. The maximum absolute atomic E-state index is 13.5. The summed E-state index contributed by atoms with van der Waals surface area (Å²) in [7, 11) is 4.52. The van der Waals surface area contributed by atoms with Crippen molar-refractivity contribution in [3.05, 3.63) is 39.7 Å². The van der Waals surface area contributed by atoms with Crippen LogP contribution in [0.5, 0.6) is 5.75 Å². The molecule has 0 aliphatic heterocycles. The highest BCUT2D eigenvalue weighted by molar-refractivity contribution is 6.22. The highest BCUT2D eigenvalue weighted by Gasteiger charge is 2.60. The second-order valence-corrected chi connectivity index (χ2v) is 8.94. The molecule has 0 saturated heterocycles. The number of amides is 1. The van der Waals surface area contributed by atoms with E-state index in [-0.39, 0.29) is 29.5 Å². The molecule has 0 spiro atoms. The molecule has 1 fully saturated rings. The van der Waals surface area contributed by atoms with Gasteiger partial charge in [0.05, 0.1) is 12.7 Å². The number of nitrogens with two attached hydrogens (primary N) is 1. The third-order valence-electron chi connectivity index (χ3n) is 6.93. The van der Waals surface area contributed by atoms with E-state index in [1.807, 2.05) is 0 Å². The topological polar surface area (TPSA) is 188 Å². The summed E-state index contributed by atoms with van der Waals surface area (Å²) in [5.74, 6) is -8.16. The number of esters is 1. The highest BCUT2D eigenvalue weighted by Crippen LogP contribution is 2.53. The number of anilines is 1. The fourth-order valence-corrected chi connectivity index (χ4v) is 5.33. The van der Waals surface area contributed by atoms with Crippen LogP contribution in [0.4, 0.5) is 5.69 Å². The molecule has 0 radical (unpaired) electrons. The minimum atomic E-state index is -2.64. The van der Waals surface area contributed by atoms with Gasteiger partial charge in [0.1, 0.15) is 28.4 Å². The van der Waals surface area contributed by atoms with Gasteiger partial charge in [-0.25, -0.2) is 4.79 Å². The van der Waals surface area contributed by atoms with Crippen LogP contribution in [0.25, 0.3) is 5.76 Å². The molecule has 1 amide bonds. The van der Waals surface area contributed by atoms with Gasteiger partial charge in [0.25, 0.3) is 5.91 Å². The molecule has 180 valence electrons. The van der Waals surface area contributed by atoms with E-state index in [1.165, 1.54) is 6.07 Å². The van der Waals surface area contributed by atoms with Crippen molar-refractivity contribution >= 4 is 34.9 Å². The smallest absolute Gasteiger partial charge is 0.341 e. The van der Waals surface area contributed by atoms with E-state index in [2.05, 4.69) is 0 Å². The van der Waals surface area contributed by atoms with Crippen molar-refractivity contribution in [2.45, 2.75) is 24.9 Å². The number of carbonyl (C=O) groups is 4. The minimum Gasteiger partial charge on any atom is -0.508 e. The number of ketones is 2. The van der Waals surface area contributed by atoms with Crippen molar-refractivity contribution in [3.63, 3.8) is 0 Å². The number of primary amides is 1. The lowest BCUT2D eigenvalue weighted by molar-refractivity contribution is -0.147. The van der Waals surface area contributed by atoms with Crippen LogP contribution >= 0.6 is 0 Å². The van der Waals surface area contributed by atoms with E-state index in [9.17, 15) is 39.6 Å². The Labute approximate surface area is 193 Å². The van der Waals surface area contributed by atoms with E-state index in [1.54, 1.807) is 19.0 Å². The number of rotatable bonds is 3. The molecule has 2 unspecified atom stereocenters. The zero-order chi connectivity index (χ0) is 25.3. The van der Waals surface area contributed by atoms with Gasteiger partial charge < -0.3 is 35.8 Å². The van der Waals surface area contributed by atoms with Crippen molar-refractivity contribution in [2.75, 3.05) is 26.1 Å². The number of fused-ring (bicyclic) bond motifs is 3. The van der Waals surface area contributed by atoms with Crippen LogP contribution < -0.4 is 10.6 Å². The number of Topliss-reactive ketones (excluding diaryl/α,β-unsaturated/α-hetero) is 2. The van der Waals surface area contributed by atoms with Crippen molar-refractivity contribution < 1.29 is 44.3 Å². The molecule has 3 aliphatic rings. The fraction of sp³-hybridized carbons (Fsp3) is 0.391. The van der Waals surface area contributed by atoms with Gasteiger partial charge in [-0.15, -0.1) is 0 Å². The summed E-state index contributed by atoms with van der Waals surface area (Å²) in [5, 5.41) is 43.9. The number of hydrogen-bond acceptors (Lipinski definition) is 10. The normalized spacial score (nSPS) is 26.0. The van der Waals surface area contributed by atoms with Crippen molar-refractivity contribution in [1.29, 1.82) is 0 Å². The maximum atomic E-state index is 13.5. The Morgan fingerprint density at radius 2 is 1.82 bits per heavy atom. The van der Waals surface area contributed by atoms with Gasteiger partial charge in [0, 0.05) is 37.7 Å². The first-order valence-corrected chi connectivity index (χ1v) is 10.5. The number of nitrogens with zero attached hydrogens (tertiary/aromatic N) is 1. The standard InChI is InChI=1S/C23H24N2O9/c1-25(2)12-7-11(22(32)34-3)17(27)15-10(12)5-8-4-9-6-13(26)16(21(24)31)20(30)23(9,33)19(29)14(8)18(15)28/h7-9,27-28,30,33H,4-6H2,1-3H3,(H2,24,31)/t8?,9?,23-/m0/s1. The molecule has 0 bridgehead atoms. The van der Waals surface area contributed by atoms with Gasteiger partial charge in [-0.05, 0) is 30.4 Å². The van der Waals surface area contributed by atoms with Crippen molar-refractivity contribution in [3.8, 4) is 5.75 Å². The van der Waals surface area contributed by atoms with Crippen LogP contribution in [0.2, 0.25) is 0 Å². The van der Waals surface area contributed by atoms with Gasteiger partial charge in [-0.2, -0.15) is 0 Å². The number of ether oxygens (including phenoxy) is 1. The van der Waals surface area contributed by atoms with Gasteiger partial charge in [-0.1, -0.05) is 0 Å². The van der Waals surface area contributed by atoms with Crippen LogP contribution in [-0.2, 0) is 25.5 Å². The quantitative estimate of drug-likeness (QED) is 0.302. The molecule has 11 heteroatoms. The Kier molecular flexibility index (Phi) is 5.20. The molecular weight excluding hydrogens is 448 g/mol. The van der Waals surface area contributed by atoms with E-state index in [0.717, 1.165) is 7.11 Å². The number of hydrogen-bond donors (Lipinski definition) is 5. The molecule has 3 atom stereocenters. The first-order valence-electron chi connectivity index (χ1n) is 10.5. The number of aliphatic hydroxyl groups excluding tert-OH is 2. The minimum absolute atomic E-state index is 0.0231. The number of phenols is 1. The predicted molar refractivity (Wildman–Crippen MR) is 117 cm³/mol. The van der Waals surface area contributed by atoms with Crippen molar-refractivity contribution in [1.82, 2.24) is 0 Å². The number of phenolic OH excluding ortho intramolecular Hbond substituents is 1. The van der Waals surface area contributed by atoms with E-state index >= 15 is 0 Å². The lowest BCUT2D eigenvalue weighted by Gasteiger charge is -2.46. The van der Waals surface area contributed by atoms with Crippen LogP contribution in [0.15, 0.2) is 23.0 Å². The van der Waals surface area contributed by atoms with Crippen molar-refractivity contribution in [2.24, 2.45) is 17.6 Å². The molecule has 6 N–H and O–H groups in total. The molecular formula is C23H24N2O9. The monoisotopic (exact) mass is 472 g/mol. The van der Waals surface area contributed by atoms with Gasteiger partial charge in [0.15, 0.2) is 11.4 Å². The van der Waals surface area contributed by atoms with Crippen LogP contribution in [0.1, 0.15) is 34.3 Å². The first-order chi connectivity index (χ1) is 15.9. The zero-order valence-corrected chi connectivity index (χ0v) is 18.7. The average Bonchev–Trinajstić information content (AvgIpc) is 2.75. The zero-order valence-electron chi connectivity index (χ0n) is 18.7. The molecule has 4 rings (SSSR count). The number of aromatic hydroxyl groups is 1. The summed E-state index contributed by atoms with van der Waals surface area (Å²) in [4.78, 5) is 51.5. The van der Waals surface area contributed by atoms with Crippen LogP contribution in [0.3, 0.4) is 0 Å². The summed E-state index contributed by atoms with van der Waals surface area (Å²) in [5.41, 5.74) is 1.94. The molecule has 34 heavy (non-hydrogen) atoms. The summed E-state index contributed by atoms with van der Waals surface area (Å²) in [6.07, 6.45) is -0.235. The van der Waals surface area contributed by atoms with Gasteiger partial charge >= 0.3 is 5.97 Å². The SMILES string of the molecule is COC(=O)c1cc(N(C)C)c2c(c1O)C(O)=C1C(=O)[C@]3(O)C(O)=C(C(N)=O)C(=O)CC3CC1C2. The Morgan fingerprint density at radius 3 is 2.38 bits per heavy atom. The average molecular weight is 472 g/mol. The fourth-order valence-electron chi connectivity index (χ4n) is 5.33. The molecule has 1 aromatic carbocycles. The van der Waals surface area contributed by atoms with E-state index in [0.29, 0.717) is 11.3 Å². The highest BCUT2D eigenvalue weighted by atomic mass is 16.5. The number of carbonyl (C=O) groups excluding carboxylic acids is 4. The van der Waals surface area contributed by atoms with E-state index in [4.69, 9.17) is 10.5 Å². The third-order valence-corrected chi connectivity index (χ3v) is 6.93. The summed E-state index contributed by atoms with van der Waals surface area (Å²) >= 11 is 0. The Balaban J connectivity index is 1.99. The summed E-state index contributed by atoms with van der Waals surface area (Å²) in [6.45, 7) is 0. The molecule has 3 aliphatic carbocycles. The summed E-state index contributed by atoms with van der Waals surface area (Å²) < 4.78 is 4.71. The lowest BCUT2D eigenvalue weighted by atomic mass is 9.59. The second-order valence-electron chi connectivity index (χ2n) is 8.94. The number of methoxy groups -OCH3 is 1.